The third-order valence-electron chi connectivity index (χ3n) is 4.65. The zero-order chi connectivity index (χ0) is 22.8. The van der Waals surface area contributed by atoms with Crippen molar-refractivity contribution in [1.82, 2.24) is 9.97 Å². The van der Waals surface area contributed by atoms with Crippen molar-refractivity contribution >= 4 is 34.5 Å². The molecule has 0 atom stereocenters. The number of nitrogens with one attached hydrogen (secondary N) is 2. The average Bonchev–Trinajstić information content (AvgIpc) is 2.77. The van der Waals surface area contributed by atoms with Crippen molar-refractivity contribution in [3.05, 3.63) is 87.8 Å². The second-order valence-electron chi connectivity index (χ2n) is 6.90. The summed E-state index contributed by atoms with van der Waals surface area (Å²) in [5.74, 6) is -2.91. The number of amides is 1. The summed E-state index contributed by atoms with van der Waals surface area (Å²) in [4.78, 5) is 31.6. The second-order valence-corrected chi connectivity index (χ2v) is 6.90. The smallest absolute Gasteiger partial charge is 0.274 e. The standard InChI is InChI=1S/C23H17N3O6/c27-18(11-17-23(32)26-16-7-2-1-6-15(16)25-17)12-4-3-5-14(8-12)24-22(31)13-9-19(28)21(30)20(29)10-13/h1-11,27-30H,(H,24,31)(H,26,32)/b18-11-. The predicted molar refractivity (Wildman–Crippen MR) is 119 cm³/mol. The maximum atomic E-state index is 12.4. The molecule has 0 fully saturated rings. The highest BCUT2D eigenvalue weighted by molar-refractivity contribution is 6.05. The van der Waals surface area contributed by atoms with Crippen LogP contribution in [0.5, 0.6) is 17.2 Å². The van der Waals surface area contributed by atoms with Gasteiger partial charge in [-0.25, -0.2) is 4.98 Å². The minimum absolute atomic E-state index is 0.0192. The molecule has 4 rings (SSSR count). The molecule has 32 heavy (non-hydrogen) atoms. The fourth-order valence-corrected chi connectivity index (χ4v) is 3.05. The van der Waals surface area contributed by atoms with E-state index in [0.29, 0.717) is 22.3 Å². The fourth-order valence-electron chi connectivity index (χ4n) is 3.05. The molecule has 4 aromatic rings. The first-order chi connectivity index (χ1) is 15.3. The van der Waals surface area contributed by atoms with Crippen LogP contribution in [0.15, 0.2) is 65.5 Å². The number of aliphatic hydroxyl groups excluding tert-OH is 1. The van der Waals surface area contributed by atoms with Gasteiger partial charge in [-0.3, -0.25) is 9.59 Å². The number of aromatic hydroxyl groups is 3. The van der Waals surface area contributed by atoms with Crippen molar-refractivity contribution < 1.29 is 25.2 Å². The fraction of sp³-hybridized carbons (Fsp3) is 0. The highest BCUT2D eigenvalue weighted by Crippen LogP contribution is 2.35. The maximum absolute atomic E-state index is 12.4. The number of aliphatic hydroxyl groups is 1. The van der Waals surface area contributed by atoms with Gasteiger partial charge in [0, 0.05) is 22.9 Å². The van der Waals surface area contributed by atoms with Crippen LogP contribution in [-0.4, -0.2) is 36.3 Å². The molecular weight excluding hydrogens is 414 g/mol. The van der Waals surface area contributed by atoms with Crippen LogP contribution in [0.1, 0.15) is 21.6 Å². The first-order valence-corrected chi connectivity index (χ1v) is 9.38. The zero-order valence-electron chi connectivity index (χ0n) is 16.4. The van der Waals surface area contributed by atoms with Gasteiger partial charge in [-0.05, 0) is 36.4 Å². The van der Waals surface area contributed by atoms with Gasteiger partial charge < -0.3 is 30.7 Å². The number of carbonyl (C=O) groups is 1. The van der Waals surface area contributed by atoms with Crippen LogP contribution in [0.3, 0.4) is 0 Å². The molecule has 0 spiro atoms. The van der Waals surface area contributed by atoms with Crippen LogP contribution in [0, 0.1) is 0 Å². The number of para-hydroxylation sites is 2. The zero-order valence-corrected chi connectivity index (χ0v) is 16.4. The summed E-state index contributed by atoms with van der Waals surface area (Å²) in [5.41, 5.74) is 1.22. The van der Waals surface area contributed by atoms with Gasteiger partial charge in [-0.2, -0.15) is 0 Å². The van der Waals surface area contributed by atoms with Gasteiger partial charge in [0.2, 0.25) is 0 Å². The highest BCUT2D eigenvalue weighted by atomic mass is 16.3. The largest absolute Gasteiger partial charge is 0.507 e. The summed E-state index contributed by atoms with van der Waals surface area (Å²) in [7, 11) is 0. The second kappa shape index (κ2) is 8.15. The Hall–Kier alpha value is -4.79. The number of hydrogen-bond donors (Lipinski definition) is 6. The Morgan fingerprint density at radius 1 is 0.938 bits per heavy atom. The molecular formula is C23H17N3O6. The molecule has 0 saturated heterocycles. The third kappa shape index (κ3) is 4.08. The summed E-state index contributed by atoms with van der Waals surface area (Å²) in [6, 6.07) is 15.2. The Labute approximate surface area is 180 Å². The van der Waals surface area contributed by atoms with E-state index in [1.54, 1.807) is 42.5 Å². The van der Waals surface area contributed by atoms with Gasteiger partial charge in [-0.15, -0.1) is 0 Å². The van der Waals surface area contributed by atoms with E-state index in [1.165, 1.54) is 12.1 Å². The molecule has 3 aromatic carbocycles. The molecule has 0 radical (unpaired) electrons. The van der Waals surface area contributed by atoms with Gasteiger partial charge in [0.25, 0.3) is 11.5 Å². The average molecular weight is 431 g/mol. The molecule has 9 nitrogen and oxygen atoms in total. The van der Waals surface area contributed by atoms with E-state index in [4.69, 9.17) is 0 Å². The van der Waals surface area contributed by atoms with Crippen molar-refractivity contribution in [3.63, 3.8) is 0 Å². The number of phenolic OH excluding ortho intramolecular Hbond substituents is 3. The lowest BCUT2D eigenvalue weighted by Crippen LogP contribution is -2.12. The van der Waals surface area contributed by atoms with Crippen molar-refractivity contribution in [2.75, 3.05) is 5.32 Å². The van der Waals surface area contributed by atoms with Gasteiger partial charge >= 0.3 is 0 Å². The first-order valence-electron chi connectivity index (χ1n) is 9.38. The maximum Gasteiger partial charge on any atom is 0.274 e. The highest BCUT2D eigenvalue weighted by Gasteiger charge is 2.14. The molecule has 1 aromatic heterocycles. The monoisotopic (exact) mass is 431 g/mol. The van der Waals surface area contributed by atoms with Crippen LogP contribution < -0.4 is 10.9 Å². The molecule has 1 heterocycles. The van der Waals surface area contributed by atoms with Gasteiger partial charge in [0.05, 0.1) is 11.0 Å². The number of aromatic amines is 1. The number of benzene rings is 3. The van der Waals surface area contributed by atoms with Crippen molar-refractivity contribution in [1.29, 1.82) is 0 Å². The lowest BCUT2D eigenvalue weighted by Gasteiger charge is -2.09. The summed E-state index contributed by atoms with van der Waals surface area (Å²) >= 11 is 0. The summed E-state index contributed by atoms with van der Waals surface area (Å²) in [5, 5.41) is 41.6. The Kier molecular flexibility index (Phi) is 5.22. The van der Waals surface area contributed by atoms with Crippen LogP contribution >= 0.6 is 0 Å². The minimum atomic E-state index is -0.726. The Morgan fingerprint density at radius 3 is 2.41 bits per heavy atom. The SMILES string of the molecule is O=C(Nc1cccc(/C(O)=C/c2nc3ccccc3[nH]c2=O)c1)c1cc(O)c(O)c(O)c1. The third-order valence-corrected chi connectivity index (χ3v) is 4.65. The van der Waals surface area contributed by atoms with Crippen molar-refractivity contribution in [2.45, 2.75) is 0 Å². The normalized spacial score (nSPS) is 11.4. The molecule has 0 saturated carbocycles. The molecule has 9 heteroatoms. The number of hydrogen-bond acceptors (Lipinski definition) is 7. The van der Waals surface area contributed by atoms with Crippen LogP contribution in [0.25, 0.3) is 22.9 Å². The van der Waals surface area contributed by atoms with E-state index in [-0.39, 0.29) is 17.0 Å². The van der Waals surface area contributed by atoms with E-state index in [9.17, 15) is 30.0 Å². The van der Waals surface area contributed by atoms with Gasteiger partial charge in [0.1, 0.15) is 11.5 Å². The van der Waals surface area contributed by atoms with Crippen LogP contribution in [0.4, 0.5) is 5.69 Å². The first kappa shape index (κ1) is 20.5. The molecule has 160 valence electrons. The number of phenols is 3. The number of fused-ring (bicyclic) bond motifs is 1. The molecule has 0 aliphatic heterocycles. The summed E-state index contributed by atoms with van der Waals surface area (Å²) in [6.07, 6.45) is 1.22. The Morgan fingerprint density at radius 2 is 1.66 bits per heavy atom. The molecule has 0 unspecified atom stereocenters. The lowest BCUT2D eigenvalue weighted by molar-refractivity contribution is 0.102. The van der Waals surface area contributed by atoms with Gasteiger partial charge in [-0.1, -0.05) is 24.3 Å². The molecule has 1 amide bonds. The van der Waals surface area contributed by atoms with Crippen LogP contribution in [-0.2, 0) is 0 Å². The number of H-pyrrole nitrogens is 1. The number of carbonyl (C=O) groups excluding carboxylic acids is 1. The van der Waals surface area contributed by atoms with E-state index in [1.807, 2.05) is 0 Å². The Bertz CT molecular complexity index is 1420. The number of nitrogens with zero attached hydrogens (tertiary/aromatic N) is 1. The van der Waals surface area contributed by atoms with Crippen molar-refractivity contribution in [2.24, 2.45) is 0 Å². The summed E-state index contributed by atoms with van der Waals surface area (Å²) < 4.78 is 0. The van der Waals surface area contributed by atoms with Gasteiger partial charge in [0.15, 0.2) is 17.2 Å². The van der Waals surface area contributed by atoms with E-state index < -0.39 is 28.7 Å². The molecule has 0 aliphatic carbocycles. The lowest BCUT2D eigenvalue weighted by atomic mass is 10.1. The number of rotatable bonds is 4. The topological polar surface area (TPSA) is 156 Å². The Balaban J connectivity index is 1.61. The molecule has 0 aliphatic rings. The summed E-state index contributed by atoms with van der Waals surface area (Å²) in [6.45, 7) is 0. The van der Waals surface area contributed by atoms with Crippen LogP contribution in [0.2, 0.25) is 0 Å². The van der Waals surface area contributed by atoms with E-state index in [2.05, 4.69) is 15.3 Å². The number of aromatic nitrogens is 2. The minimum Gasteiger partial charge on any atom is -0.507 e. The quantitative estimate of drug-likeness (QED) is 0.214. The van der Waals surface area contributed by atoms with Crippen molar-refractivity contribution in [3.8, 4) is 17.2 Å². The predicted octanol–water partition coefficient (Wildman–Crippen LogP) is 3.35. The number of anilines is 1. The molecule has 6 N–H and O–H groups in total. The van der Waals surface area contributed by atoms with E-state index >= 15 is 0 Å². The van der Waals surface area contributed by atoms with E-state index in [0.717, 1.165) is 12.1 Å². The molecule has 0 bridgehead atoms.